The van der Waals surface area contributed by atoms with Crippen LogP contribution in [0.15, 0.2) is 35.7 Å². The number of hydrogen-bond acceptors (Lipinski definition) is 4. The van der Waals surface area contributed by atoms with E-state index in [4.69, 9.17) is 11.6 Å². The fourth-order valence-corrected chi connectivity index (χ4v) is 3.52. The predicted molar refractivity (Wildman–Crippen MR) is 87.5 cm³/mol. The van der Waals surface area contributed by atoms with E-state index in [1.54, 1.807) is 6.33 Å². The lowest BCUT2D eigenvalue weighted by molar-refractivity contribution is -0.119. The summed E-state index contributed by atoms with van der Waals surface area (Å²) in [4.78, 5) is 12.0. The molecule has 1 fully saturated rings. The summed E-state index contributed by atoms with van der Waals surface area (Å²) in [5, 5.41) is 12.4. The fraction of sp³-hybridized carbons (Fsp3) is 0.400. The van der Waals surface area contributed by atoms with Crippen LogP contribution >= 0.6 is 23.4 Å². The molecule has 1 heterocycles. The summed E-state index contributed by atoms with van der Waals surface area (Å²) in [6.07, 6.45) is 6.23. The molecule has 116 valence electrons. The highest BCUT2D eigenvalue weighted by Crippen LogP contribution is 2.22. The molecular formula is C15H17ClN4OS. The maximum absolute atomic E-state index is 12.0. The number of hydrogen-bond donors (Lipinski definition) is 1. The average molecular weight is 337 g/mol. The van der Waals surface area contributed by atoms with Crippen molar-refractivity contribution in [2.45, 2.75) is 36.9 Å². The van der Waals surface area contributed by atoms with Gasteiger partial charge in [-0.15, -0.1) is 10.2 Å². The van der Waals surface area contributed by atoms with E-state index < -0.39 is 0 Å². The van der Waals surface area contributed by atoms with Gasteiger partial charge in [0, 0.05) is 11.1 Å². The lowest BCUT2D eigenvalue weighted by Gasteiger charge is -2.11. The third-order valence-electron chi connectivity index (χ3n) is 3.66. The number of thioether (sulfide) groups is 1. The molecule has 0 aliphatic heterocycles. The summed E-state index contributed by atoms with van der Waals surface area (Å²) in [7, 11) is 0. The third kappa shape index (κ3) is 3.81. The highest BCUT2D eigenvalue weighted by Gasteiger charge is 2.17. The van der Waals surface area contributed by atoms with Crippen molar-refractivity contribution in [1.29, 1.82) is 0 Å². The number of carbonyl (C=O) groups is 1. The van der Waals surface area contributed by atoms with Crippen LogP contribution in [0.5, 0.6) is 0 Å². The zero-order valence-corrected chi connectivity index (χ0v) is 13.6. The van der Waals surface area contributed by atoms with Crippen LogP contribution in [-0.2, 0) is 4.79 Å². The summed E-state index contributed by atoms with van der Waals surface area (Å²) in [6.45, 7) is 0. The number of benzene rings is 1. The number of rotatable bonds is 5. The van der Waals surface area contributed by atoms with Crippen LogP contribution in [0.4, 0.5) is 0 Å². The number of aromatic nitrogens is 3. The lowest BCUT2D eigenvalue weighted by atomic mass is 10.2. The van der Waals surface area contributed by atoms with Crippen molar-refractivity contribution >= 4 is 29.3 Å². The SMILES string of the molecule is O=C(CSc1nncn1-c1cccc(Cl)c1)NC1CCCC1. The van der Waals surface area contributed by atoms with Crippen molar-refractivity contribution in [2.75, 3.05) is 5.75 Å². The molecule has 3 rings (SSSR count). The van der Waals surface area contributed by atoms with Gasteiger partial charge in [-0.3, -0.25) is 9.36 Å². The standard InChI is InChI=1S/C15H17ClN4OS/c16-11-4-3-7-13(8-11)20-10-17-19-15(20)22-9-14(21)18-12-5-1-2-6-12/h3-4,7-8,10,12H,1-2,5-6,9H2,(H,18,21). The van der Waals surface area contributed by atoms with Gasteiger partial charge in [0.1, 0.15) is 6.33 Å². The van der Waals surface area contributed by atoms with E-state index in [-0.39, 0.29) is 5.91 Å². The van der Waals surface area contributed by atoms with Gasteiger partial charge in [-0.1, -0.05) is 42.3 Å². The number of amides is 1. The van der Waals surface area contributed by atoms with Crippen molar-refractivity contribution in [3.8, 4) is 5.69 Å². The highest BCUT2D eigenvalue weighted by atomic mass is 35.5. The predicted octanol–water partition coefficient (Wildman–Crippen LogP) is 3.07. The van der Waals surface area contributed by atoms with E-state index in [9.17, 15) is 4.79 Å². The van der Waals surface area contributed by atoms with Crippen molar-refractivity contribution < 1.29 is 4.79 Å². The molecule has 1 aliphatic rings. The van der Waals surface area contributed by atoms with Gasteiger partial charge in [0.15, 0.2) is 5.16 Å². The van der Waals surface area contributed by atoms with Crippen molar-refractivity contribution in [2.24, 2.45) is 0 Å². The highest BCUT2D eigenvalue weighted by molar-refractivity contribution is 7.99. The van der Waals surface area contributed by atoms with Crippen molar-refractivity contribution in [3.05, 3.63) is 35.6 Å². The van der Waals surface area contributed by atoms with Crippen LogP contribution in [0.2, 0.25) is 5.02 Å². The van der Waals surface area contributed by atoms with Gasteiger partial charge in [-0.2, -0.15) is 0 Å². The van der Waals surface area contributed by atoms with Gasteiger partial charge in [0.2, 0.25) is 5.91 Å². The summed E-state index contributed by atoms with van der Waals surface area (Å²) >= 11 is 7.39. The average Bonchev–Trinajstić information content (AvgIpc) is 3.16. The second-order valence-corrected chi connectivity index (χ2v) is 6.68. The Morgan fingerprint density at radius 2 is 2.23 bits per heavy atom. The van der Waals surface area contributed by atoms with E-state index in [1.165, 1.54) is 24.6 Å². The number of nitrogens with one attached hydrogen (secondary N) is 1. The Balaban J connectivity index is 1.61. The van der Waals surface area contributed by atoms with Crippen LogP contribution in [0.3, 0.4) is 0 Å². The first-order valence-corrected chi connectivity index (χ1v) is 8.67. The first-order valence-electron chi connectivity index (χ1n) is 7.30. The smallest absolute Gasteiger partial charge is 0.230 e. The first-order chi connectivity index (χ1) is 10.7. The Kier molecular flexibility index (Phi) is 5.00. The molecule has 2 aromatic rings. The molecule has 1 saturated carbocycles. The molecule has 0 bridgehead atoms. The summed E-state index contributed by atoms with van der Waals surface area (Å²) in [5.41, 5.74) is 0.885. The second kappa shape index (κ2) is 7.15. The molecule has 1 amide bonds. The normalized spacial score (nSPS) is 15.1. The van der Waals surface area contributed by atoms with E-state index >= 15 is 0 Å². The minimum atomic E-state index is 0.0533. The van der Waals surface area contributed by atoms with E-state index in [2.05, 4.69) is 15.5 Å². The van der Waals surface area contributed by atoms with E-state index in [0.29, 0.717) is 22.0 Å². The number of halogens is 1. The summed E-state index contributed by atoms with van der Waals surface area (Å²) in [5.74, 6) is 0.396. The Hall–Kier alpha value is -1.53. The fourth-order valence-electron chi connectivity index (χ4n) is 2.60. The molecule has 0 atom stereocenters. The van der Waals surface area contributed by atoms with Crippen LogP contribution in [0.25, 0.3) is 5.69 Å². The molecule has 1 aromatic carbocycles. The molecular weight excluding hydrogens is 320 g/mol. The Morgan fingerprint density at radius 3 is 3.00 bits per heavy atom. The molecule has 5 nitrogen and oxygen atoms in total. The van der Waals surface area contributed by atoms with Gasteiger partial charge < -0.3 is 5.32 Å². The number of carbonyl (C=O) groups excluding carboxylic acids is 1. The molecule has 22 heavy (non-hydrogen) atoms. The molecule has 0 saturated heterocycles. The quantitative estimate of drug-likeness (QED) is 0.852. The Labute approximate surface area is 138 Å². The van der Waals surface area contributed by atoms with Crippen molar-refractivity contribution in [3.63, 3.8) is 0 Å². The molecule has 1 N–H and O–H groups in total. The monoisotopic (exact) mass is 336 g/mol. The zero-order chi connectivity index (χ0) is 15.4. The molecule has 1 aromatic heterocycles. The molecule has 0 unspecified atom stereocenters. The first kappa shape index (κ1) is 15.4. The summed E-state index contributed by atoms with van der Waals surface area (Å²) in [6, 6.07) is 7.81. The van der Waals surface area contributed by atoms with Gasteiger partial charge in [0.05, 0.1) is 11.4 Å². The minimum absolute atomic E-state index is 0.0533. The van der Waals surface area contributed by atoms with Gasteiger partial charge in [-0.25, -0.2) is 0 Å². The van der Waals surface area contributed by atoms with Gasteiger partial charge in [0.25, 0.3) is 0 Å². The van der Waals surface area contributed by atoms with E-state index in [0.717, 1.165) is 18.5 Å². The topological polar surface area (TPSA) is 59.8 Å². The van der Waals surface area contributed by atoms with Gasteiger partial charge in [-0.05, 0) is 31.0 Å². The van der Waals surface area contributed by atoms with Crippen LogP contribution in [0.1, 0.15) is 25.7 Å². The Morgan fingerprint density at radius 1 is 1.41 bits per heavy atom. The van der Waals surface area contributed by atoms with Crippen LogP contribution < -0.4 is 5.32 Å². The lowest BCUT2D eigenvalue weighted by Crippen LogP contribution is -2.33. The Bertz CT molecular complexity index is 654. The zero-order valence-electron chi connectivity index (χ0n) is 12.0. The molecule has 0 radical (unpaired) electrons. The minimum Gasteiger partial charge on any atom is -0.353 e. The third-order valence-corrected chi connectivity index (χ3v) is 4.83. The molecule has 7 heteroatoms. The molecule has 1 aliphatic carbocycles. The summed E-state index contributed by atoms with van der Waals surface area (Å²) < 4.78 is 1.83. The van der Waals surface area contributed by atoms with Gasteiger partial charge >= 0.3 is 0 Å². The van der Waals surface area contributed by atoms with Crippen LogP contribution in [0, 0.1) is 0 Å². The maximum atomic E-state index is 12.0. The molecule has 0 spiro atoms. The largest absolute Gasteiger partial charge is 0.353 e. The van der Waals surface area contributed by atoms with Crippen molar-refractivity contribution in [1.82, 2.24) is 20.1 Å². The van der Waals surface area contributed by atoms with E-state index in [1.807, 2.05) is 28.8 Å². The number of nitrogens with zero attached hydrogens (tertiary/aromatic N) is 3. The maximum Gasteiger partial charge on any atom is 0.230 e. The second-order valence-electron chi connectivity index (χ2n) is 5.30. The van der Waals surface area contributed by atoms with Crippen LogP contribution in [-0.4, -0.2) is 32.5 Å².